The van der Waals surface area contributed by atoms with Crippen LogP contribution in [0.25, 0.3) is 0 Å². The highest BCUT2D eigenvalue weighted by Gasteiger charge is 2.69. The zero-order valence-electron chi connectivity index (χ0n) is 15.7. The summed E-state index contributed by atoms with van der Waals surface area (Å²) in [6.45, 7) is 9.56. The van der Waals surface area contributed by atoms with Crippen molar-refractivity contribution in [3.8, 4) is 0 Å². The van der Waals surface area contributed by atoms with Crippen molar-refractivity contribution >= 4 is 6.29 Å². The number of hydrogen-bond acceptors (Lipinski definition) is 3. The zero-order valence-corrected chi connectivity index (χ0v) is 15.7. The minimum atomic E-state index is -0.282. The maximum atomic E-state index is 11.3. The van der Waals surface area contributed by atoms with Crippen LogP contribution in [0.1, 0.15) is 58.3 Å². The normalized spacial score (nSPS) is 54.7. The van der Waals surface area contributed by atoms with E-state index in [1.807, 2.05) is 0 Å². The van der Waals surface area contributed by atoms with Crippen LogP contribution >= 0.6 is 0 Å². The molecule has 0 aromatic carbocycles. The van der Waals surface area contributed by atoms with Crippen molar-refractivity contribution in [1.29, 1.82) is 0 Å². The van der Waals surface area contributed by atoms with E-state index in [2.05, 4.69) is 18.4 Å². The molecule has 0 aromatic heterocycles. The summed E-state index contributed by atoms with van der Waals surface area (Å²) in [6.07, 6.45) is 10.9. The van der Waals surface area contributed by atoms with Crippen LogP contribution in [0.5, 0.6) is 0 Å². The molecule has 5 aliphatic carbocycles. The van der Waals surface area contributed by atoms with Crippen LogP contribution in [-0.2, 0) is 4.79 Å². The summed E-state index contributed by atoms with van der Waals surface area (Å²) >= 11 is 0. The molecule has 1 saturated heterocycles. The Kier molecular flexibility index (Phi) is 3.43. The van der Waals surface area contributed by atoms with E-state index < -0.39 is 0 Å². The lowest BCUT2D eigenvalue weighted by atomic mass is 9.35. The van der Waals surface area contributed by atoms with Gasteiger partial charge in [-0.3, -0.25) is 4.90 Å². The first-order valence-corrected chi connectivity index (χ1v) is 10.5. The van der Waals surface area contributed by atoms with Crippen molar-refractivity contribution in [2.45, 2.75) is 64.4 Å². The second-order valence-electron chi connectivity index (χ2n) is 10.4. The van der Waals surface area contributed by atoms with Crippen molar-refractivity contribution in [3.05, 3.63) is 12.2 Å². The van der Waals surface area contributed by atoms with Gasteiger partial charge in [0.1, 0.15) is 6.29 Å². The first-order valence-electron chi connectivity index (χ1n) is 10.5. The van der Waals surface area contributed by atoms with Gasteiger partial charge >= 0.3 is 0 Å². The molecule has 3 nitrogen and oxygen atoms in total. The van der Waals surface area contributed by atoms with Gasteiger partial charge in [0.2, 0.25) is 0 Å². The first-order chi connectivity index (χ1) is 12.0. The number of carbonyl (C=O) groups excluding carboxylic acids is 1. The van der Waals surface area contributed by atoms with E-state index in [0.29, 0.717) is 29.2 Å². The fourth-order valence-corrected chi connectivity index (χ4v) is 8.79. The van der Waals surface area contributed by atoms with E-state index in [-0.39, 0.29) is 11.5 Å². The predicted molar refractivity (Wildman–Crippen MR) is 98.0 cm³/mol. The molecule has 0 radical (unpaired) electrons. The molecule has 138 valence electrons. The summed E-state index contributed by atoms with van der Waals surface area (Å²) < 4.78 is 0. The lowest BCUT2D eigenvalue weighted by Crippen LogP contribution is -2.71. The number of aldehydes is 1. The number of aliphatic hydroxyl groups excluding tert-OH is 1. The summed E-state index contributed by atoms with van der Waals surface area (Å²) in [6, 6.07) is 0. The highest BCUT2D eigenvalue weighted by Crippen LogP contribution is 2.73. The number of hydrogen-bond donors (Lipinski definition) is 1. The molecule has 1 spiro atoms. The van der Waals surface area contributed by atoms with Gasteiger partial charge < -0.3 is 9.90 Å². The molecular formula is C22H33NO2. The smallest absolute Gasteiger partial charge is 0.133 e. The van der Waals surface area contributed by atoms with Gasteiger partial charge in [-0.05, 0) is 79.1 Å². The number of likely N-dealkylation sites (tertiary alicyclic amines) is 1. The molecule has 4 bridgehead atoms. The van der Waals surface area contributed by atoms with Crippen molar-refractivity contribution in [3.63, 3.8) is 0 Å². The Morgan fingerprint density at radius 2 is 1.96 bits per heavy atom. The quantitative estimate of drug-likeness (QED) is 0.617. The van der Waals surface area contributed by atoms with Crippen LogP contribution in [0.4, 0.5) is 0 Å². The van der Waals surface area contributed by atoms with Crippen molar-refractivity contribution < 1.29 is 9.90 Å². The van der Waals surface area contributed by atoms with Gasteiger partial charge in [0.15, 0.2) is 0 Å². The number of piperidine rings is 1. The molecule has 6 rings (SSSR count). The third-order valence-electron chi connectivity index (χ3n) is 9.55. The number of rotatable bonds is 2. The Labute approximate surface area is 151 Å². The molecule has 1 N–H and O–H groups in total. The van der Waals surface area contributed by atoms with Gasteiger partial charge in [0.05, 0.1) is 12.6 Å². The topological polar surface area (TPSA) is 40.5 Å². The van der Waals surface area contributed by atoms with E-state index in [0.717, 1.165) is 30.9 Å². The Balaban J connectivity index is 1.60. The fraction of sp³-hybridized carbons (Fsp3) is 0.864. The van der Waals surface area contributed by atoms with E-state index in [1.54, 1.807) is 0 Å². The van der Waals surface area contributed by atoms with E-state index in [1.165, 1.54) is 51.4 Å². The summed E-state index contributed by atoms with van der Waals surface area (Å²) in [4.78, 5) is 13.7. The maximum Gasteiger partial charge on any atom is 0.133 e. The standard InChI is InChI=1S/C22H33NO2/c1-15-16-4-8-21(19(15)25)9-5-17-20(2)6-3-7-22(17,18(21)12-16)14-23(13-20)10-11-24/h11,16-19,25H,1,3-10,12-14H2,2H3/t16-,17+,18+,19+,20?,21-,22-/m0/s1. The molecule has 0 aromatic rings. The second kappa shape index (κ2) is 5.19. The number of fused-ring (bicyclic) bond motifs is 2. The van der Waals surface area contributed by atoms with Crippen molar-refractivity contribution in [1.82, 2.24) is 4.90 Å². The third-order valence-corrected chi connectivity index (χ3v) is 9.55. The fourth-order valence-electron chi connectivity index (χ4n) is 8.79. The Morgan fingerprint density at radius 3 is 2.76 bits per heavy atom. The van der Waals surface area contributed by atoms with Gasteiger partial charge in [-0.1, -0.05) is 19.9 Å². The van der Waals surface area contributed by atoms with Crippen molar-refractivity contribution in [2.75, 3.05) is 19.6 Å². The highest BCUT2D eigenvalue weighted by molar-refractivity contribution is 5.52. The minimum Gasteiger partial charge on any atom is -0.388 e. The van der Waals surface area contributed by atoms with Crippen LogP contribution in [0.15, 0.2) is 12.2 Å². The summed E-state index contributed by atoms with van der Waals surface area (Å²) in [5.74, 6) is 1.95. The van der Waals surface area contributed by atoms with E-state index >= 15 is 0 Å². The summed E-state index contributed by atoms with van der Waals surface area (Å²) in [7, 11) is 0. The molecule has 7 atom stereocenters. The molecule has 1 heterocycles. The lowest BCUT2D eigenvalue weighted by Gasteiger charge is -2.72. The number of nitrogens with zero attached hydrogens (tertiary/aromatic N) is 1. The molecule has 1 unspecified atom stereocenters. The predicted octanol–water partition coefficient (Wildman–Crippen LogP) is 3.42. The minimum absolute atomic E-state index is 0.0881. The molecule has 6 fully saturated rings. The van der Waals surface area contributed by atoms with Gasteiger partial charge in [-0.15, -0.1) is 0 Å². The van der Waals surface area contributed by atoms with Gasteiger partial charge in [-0.2, -0.15) is 0 Å². The molecule has 6 aliphatic rings. The second-order valence-corrected chi connectivity index (χ2v) is 10.4. The molecule has 5 saturated carbocycles. The largest absolute Gasteiger partial charge is 0.388 e. The Bertz CT molecular complexity index is 617. The molecule has 3 heteroatoms. The molecule has 1 aliphatic heterocycles. The number of carbonyl (C=O) groups is 1. The van der Waals surface area contributed by atoms with Crippen LogP contribution in [0, 0.1) is 34.0 Å². The number of aliphatic hydroxyl groups is 1. The van der Waals surface area contributed by atoms with E-state index in [4.69, 9.17) is 0 Å². The van der Waals surface area contributed by atoms with Gasteiger partial charge in [-0.25, -0.2) is 0 Å². The van der Waals surface area contributed by atoms with E-state index in [9.17, 15) is 9.90 Å². The Hall–Kier alpha value is -0.670. The van der Waals surface area contributed by atoms with Crippen LogP contribution in [0.3, 0.4) is 0 Å². The molecular weight excluding hydrogens is 310 g/mol. The lowest BCUT2D eigenvalue weighted by molar-refractivity contribution is -0.239. The van der Waals surface area contributed by atoms with Crippen molar-refractivity contribution in [2.24, 2.45) is 34.0 Å². The Morgan fingerprint density at radius 1 is 1.16 bits per heavy atom. The van der Waals surface area contributed by atoms with Crippen LogP contribution < -0.4 is 0 Å². The van der Waals surface area contributed by atoms with Gasteiger partial charge in [0, 0.05) is 18.5 Å². The first kappa shape index (κ1) is 16.5. The highest BCUT2D eigenvalue weighted by atomic mass is 16.3. The average Bonchev–Trinajstić information content (AvgIpc) is 2.58. The molecule has 0 amide bonds. The van der Waals surface area contributed by atoms with Crippen LogP contribution in [0.2, 0.25) is 0 Å². The maximum absolute atomic E-state index is 11.3. The monoisotopic (exact) mass is 343 g/mol. The summed E-state index contributed by atoms with van der Waals surface area (Å²) in [5, 5.41) is 11.2. The SMILES string of the molecule is C=C1[C@H]2CC[C@@]3(CC[C@@H]4C5(C)CCC[C@@]4(CN(CC=O)C5)[C@@H]3C2)[C@@H]1O. The molecule has 25 heavy (non-hydrogen) atoms. The summed E-state index contributed by atoms with van der Waals surface area (Å²) in [5.41, 5.74) is 1.91. The average molecular weight is 344 g/mol. The van der Waals surface area contributed by atoms with Gasteiger partial charge in [0.25, 0.3) is 0 Å². The van der Waals surface area contributed by atoms with Crippen LogP contribution in [-0.4, -0.2) is 42.0 Å². The zero-order chi connectivity index (χ0) is 17.4. The third kappa shape index (κ3) is 1.92.